The highest BCUT2D eigenvalue weighted by Gasteiger charge is 2.62. The lowest BCUT2D eigenvalue weighted by atomic mass is 9.90. The van der Waals surface area contributed by atoms with Crippen molar-refractivity contribution in [3.8, 4) is 16.6 Å². The van der Waals surface area contributed by atoms with E-state index in [1.165, 1.54) is 0 Å². The summed E-state index contributed by atoms with van der Waals surface area (Å²) in [6.07, 6.45) is 7.87. The summed E-state index contributed by atoms with van der Waals surface area (Å²) in [6, 6.07) is 5.31. The molecule has 2 saturated carbocycles. The highest BCUT2D eigenvalue weighted by molar-refractivity contribution is 7.91. The van der Waals surface area contributed by atoms with E-state index in [9.17, 15) is 27.6 Å². The third-order valence-electron chi connectivity index (χ3n) is 12.6. The van der Waals surface area contributed by atoms with Crippen molar-refractivity contribution in [1.29, 1.82) is 0 Å². The Morgan fingerprint density at radius 3 is 2.48 bits per heavy atom. The van der Waals surface area contributed by atoms with Gasteiger partial charge in [-0.2, -0.15) is 4.98 Å². The van der Waals surface area contributed by atoms with Crippen LogP contribution in [0.2, 0.25) is 0 Å². The number of imidazole rings is 1. The fourth-order valence-electron chi connectivity index (χ4n) is 8.68. The molecule has 60 heavy (non-hydrogen) atoms. The minimum atomic E-state index is -3.95. The summed E-state index contributed by atoms with van der Waals surface area (Å²) in [4.78, 5) is 68.4. The number of hydrogen-bond acceptors (Lipinski definition) is 11. The number of fused-ring (bicyclic) bond motifs is 3. The molecule has 4 heterocycles. The first-order chi connectivity index (χ1) is 28.2. The van der Waals surface area contributed by atoms with Crippen LogP contribution < -0.4 is 9.46 Å². The Morgan fingerprint density at radius 1 is 1.07 bits per heavy atom. The number of nitrogens with zero attached hydrogens (tertiary/aromatic N) is 4. The van der Waals surface area contributed by atoms with Gasteiger partial charge in [-0.15, -0.1) is 11.3 Å². The van der Waals surface area contributed by atoms with Crippen LogP contribution in [0.15, 0.2) is 35.7 Å². The fraction of sp³-hybridized carbons (Fsp3) is 0.644. The zero-order valence-electron chi connectivity index (χ0n) is 36.3. The van der Waals surface area contributed by atoms with Crippen molar-refractivity contribution in [2.75, 3.05) is 6.54 Å². The minimum absolute atomic E-state index is 0.0523. The number of allylic oxidation sites excluding steroid dienone is 2. The Kier molecular flexibility index (Phi) is 12.2. The van der Waals surface area contributed by atoms with Crippen molar-refractivity contribution in [2.24, 2.45) is 17.3 Å². The lowest BCUT2D eigenvalue weighted by molar-refractivity contribution is -0.159. The van der Waals surface area contributed by atoms with Gasteiger partial charge < -0.3 is 14.4 Å². The predicted molar refractivity (Wildman–Crippen MR) is 231 cm³/mol. The Morgan fingerprint density at radius 2 is 1.82 bits per heavy atom. The molecule has 15 heteroatoms. The number of carbonyl (C=O) groups excluding carboxylic acids is 4. The first kappa shape index (κ1) is 44.0. The quantitative estimate of drug-likeness (QED) is 0.156. The van der Waals surface area contributed by atoms with Gasteiger partial charge in [-0.25, -0.2) is 13.4 Å². The van der Waals surface area contributed by atoms with E-state index in [0.29, 0.717) is 38.1 Å². The number of esters is 1. The molecule has 1 saturated heterocycles. The van der Waals surface area contributed by atoms with Crippen LogP contribution in [0.1, 0.15) is 144 Å². The summed E-state index contributed by atoms with van der Waals surface area (Å²) in [7, 11) is -3.95. The second-order valence-corrected chi connectivity index (χ2v) is 22.3. The van der Waals surface area contributed by atoms with Gasteiger partial charge in [-0.3, -0.25) is 28.5 Å². The van der Waals surface area contributed by atoms with E-state index in [2.05, 4.69) is 23.9 Å². The molecule has 13 nitrogen and oxygen atoms in total. The number of nitrogens with one attached hydrogen (secondary N) is 1. The highest BCUT2D eigenvalue weighted by atomic mass is 32.2. The van der Waals surface area contributed by atoms with Gasteiger partial charge >= 0.3 is 5.97 Å². The Labute approximate surface area is 358 Å². The molecule has 2 aliphatic heterocycles. The number of thiazole rings is 1. The number of sulfonamides is 1. The molecule has 3 fully saturated rings. The molecule has 7 rings (SSSR count). The molecule has 0 bridgehead atoms. The Balaban J connectivity index is 1.22. The summed E-state index contributed by atoms with van der Waals surface area (Å²) >= 11 is 1.57. The third kappa shape index (κ3) is 9.07. The van der Waals surface area contributed by atoms with Gasteiger partial charge in [0.05, 0.1) is 40.4 Å². The molecule has 1 N–H and O–H groups in total. The molecule has 326 valence electrons. The Bertz CT molecular complexity index is 2280. The fourth-order valence-corrected chi connectivity index (χ4v) is 11.0. The van der Waals surface area contributed by atoms with Crippen LogP contribution in [0.3, 0.4) is 0 Å². The van der Waals surface area contributed by atoms with Gasteiger partial charge in [0, 0.05) is 35.7 Å². The summed E-state index contributed by atoms with van der Waals surface area (Å²) < 4.78 is 42.4. The summed E-state index contributed by atoms with van der Waals surface area (Å²) in [5.74, 6) is -2.61. The number of ether oxygens (including phenoxy) is 2. The van der Waals surface area contributed by atoms with Crippen LogP contribution in [-0.4, -0.2) is 80.5 Å². The molecular formula is C45H61N5O8S2. The summed E-state index contributed by atoms with van der Waals surface area (Å²) in [6.45, 7) is 15.4. The van der Waals surface area contributed by atoms with Gasteiger partial charge in [0.15, 0.2) is 5.78 Å². The molecule has 3 aromatic rings. The average molecular weight is 864 g/mol. The van der Waals surface area contributed by atoms with Crippen molar-refractivity contribution < 1.29 is 37.1 Å². The second-order valence-electron chi connectivity index (χ2n) is 19.3. The van der Waals surface area contributed by atoms with Gasteiger partial charge in [-0.05, 0) is 104 Å². The zero-order chi connectivity index (χ0) is 43.4. The lowest BCUT2D eigenvalue weighted by Crippen LogP contribution is -2.47. The predicted octanol–water partition coefficient (Wildman–Crippen LogP) is 8.04. The highest BCUT2D eigenvalue weighted by Crippen LogP contribution is 2.57. The maximum atomic E-state index is 14.8. The minimum Gasteiger partial charge on any atom is -0.460 e. The topological polar surface area (TPSA) is 167 Å². The molecule has 2 aliphatic carbocycles. The van der Waals surface area contributed by atoms with E-state index in [4.69, 9.17) is 19.4 Å². The molecule has 4 aliphatic rings. The smallest absolute Gasteiger partial charge is 0.307 e. The first-order valence-electron chi connectivity index (χ1n) is 21.6. The number of ketones is 1. The van der Waals surface area contributed by atoms with Crippen molar-refractivity contribution in [3.05, 3.63) is 41.4 Å². The molecule has 2 aromatic heterocycles. The molecule has 1 aromatic carbocycles. The number of aromatic nitrogens is 3. The lowest BCUT2D eigenvalue weighted by Gasteiger charge is -2.29. The molecular weight excluding hydrogens is 803 g/mol. The SMILES string of the molecule is CC(C)c1csc(-c2cccc3c2nc(O[C@@H]2C[C@H]4C(=O)C[C@]5(C(=O)NS(=O)(=O)C6(C)CC6)C[C@@H]5/C=C\CCCCC[C@H](CC(=O)OC(C)(C)C)C(=O)N4C2)n3C(C)C)n1. The van der Waals surface area contributed by atoms with E-state index in [-0.39, 0.29) is 55.4 Å². The van der Waals surface area contributed by atoms with E-state index in [1.807, 2.05) is 48.8 Å². The van der Waals surface area contributed by atoms with Crippen LogP contribution in [0.4, 0.5) is 0 Å². The van der Waals surface area contributed by atoms with E-state index < -0.39 is 55.7 Å². The standard InChI is InChI=1S/C45H61N5O8S2/c1-27(2)33-26-59-39(46-33)32-17-14-18-34-38(32)47-42(50(34)28(3)4)57-31-22-35-36(51)24-45(41(54)48-60(55,56)44(8)19-20-44)23-30(45)16-13-11-9-10-12-15-29(40(53)49(35)25-31)21-37(52)58-43(5,6)7/h13-14,16-18,26-31,35H,9-12,15,19-25H2,1-8H3,(H,48,54)/b16-13-/t29-,30+,31-,35+,45-/m1/s1. The molecule has 0 radical (unpaired) electrons. The Hall–Kier alpha value is -4.11. The number of carbonyl (C=O) groups is 4. The number of rotatable bonds is 10. The van der Waals surface area contributed by atoms with Gasteiger partial charge in [-0.1, -0.05) is 44.9 Å². The number of hydrogen-bond donors (Lipinski definition) is 1. The number of amides is 2. The number of para-hydroxylation sites is 1. The van der Waals surface area contributed by atoms with Crippen LogP contribution in [0.5, 0.6) is 6.01 Å². The van der Waals surface area contributed by atoms with Crippen molar-refractivity contribution in [1.82, 2.24) is 24.2 Å². The van der Waals surface area contributed by atoms with Crippen molar-refractivity contribution >= 4 is 56.0 Å². The maximum Gasteiger partial charge on any atom is 0.307 e. The molecule has 0 spiro atoms. The maximum absolute atomic E-state index is 14.8. The first-order valence-corrected chi connectivity index (χ1v) is 24.0. The van der Waals surface area contributed by atoms with Crippen LogP contribution in [0.25, 0.3) is 21.6 Å². The van der Waals surface area contributed by atoms with E-state index >= 15 is 0 Å². The third-order valence-corrected chi connectivity index (χ3v) is 15.7. The number of benzene rings is 1. The van der Waals surface area contributed by atoms with E-state index in [0.717, 1.165) is 46.6 Å². The van der Waals surface area contributed by atoms with Crippen molar-refractivity contribution in [3.63, 3.8) is 0 Å². The van der Waals surface area contributed by atoms with E-state index in [1.54, 1.807) is 43.9 Å². The normalized spacial score (nSPS) is 26.6. The van der Waals surface area contributed by atoms with Gasteiger partial charge in [0.2, 0.25) is 21.8 Å². The molecule has 0 unspecified atom stereocenters. The zero-order valence-corrected chi connectivity index (χ0v) is 37.9. The van der Waals surface area contributed by atoms with Gasteiger partial charge in [0.25, 0.3) is 6.01 Å². The summed E-state index contributed by atoms with van der Waals surface area (Å²) in [5.41, 5.74) is 1.49. The van der Waals surface area contributed by atoms with Crippen LogP contribution in [-0.2, 0) is 33.9 Å². The number of Topliss-reactive ketones (excluding diaryl/α,β-unsaturated/α-hetero) is 1. The van der Waals surface area contributed by atoms with Crippen LogP contribution in [0, 0.1) is 17.3 Å². The average Bonchev–Trinajstić information content (AvgIpc) is 3.82. The van der Waals surface area contributed by atoms with Crippen LogP contribution >= 0.6 is 11.3 Å². The molecule has 5 atom stereocenters. The monoisotopic (exact) mass is 863 g/mol. The largest absolute Gasteiger partial charge is 0.460 e. The van der Waals surface area contributed by atoms with Gasteiger partial charge in [0.1, 0.15) is 22.2 Å². The second kappa shape index (κ2) is 16.6. The molecule has 2 amide bonds. The van der Waals surface area contributed by atoms with Crippen molar-refractivity contribution in [2.45, 2.75) is 160 Å². The summed E-state index contributed by atoms with van der Waals surface area (Å²) in [5, 5.41) is 2.92.